The van der Waals surface area contributed by atoms with Crippen molar-refractivity contribution in [1.29, 1.82) is 0 Å². The Hall–Kier alpha value is -1.39. The largest absolute Gasteiger partial charge is 0.304 e. The first-order chi connectivity index (χ1) is 8.75. The Kier molecular flexibility index (Phi) is 3.06. The summed E-state index contributed by atoms with van der Waals surface area (Å²) in [4.78, 5) is 14.8. The number of hydrogen-bond acceptors (Lipinski definition) is 3. The number of piperazine rings is 1. The van der Waals surface area contributed by atoms with Crippen LogP contribution in [0.5, 0.6) is 0 Å². The molecule has 4 nitrogen and oxygen atoms in total. The molecule has 0 saturated carbocycles. The Labute approximate surface area is 108 Å². The van der Waals surface area contributed by atoms with Gasteiger partial charge in [0.2, 0.25) is 0 Å². The van der Waals surface area contributed by atoms with Crippen molar-refractivity contribution in [2.75, 3.05) is 39.8 Å². The van der Waals surface area contributed by atoms with Gasteiger partial charge in [-0.1, -0.05) is 18.2 Å². The van der Waals surface area contributed by atoms with Gasteiger partial charge in [-0.05, 0) is 25.1 Å². The number of hydrogen-bond donors (Lipinski definition) is 0. The number of carbonyl (C=O) groups is 1. The van der Waals surface area contributed by atoms with Gasteiger partial charge in [0.25, 0.3) is 5.91 Å². The van der Waals surface area contributed by atoms with Gasteiger partial charge in [0, 0.05) is 38.3 Å². The molecule has 1 saturated heterocycles. The zero-order chi connectivity index (χ0) is 12.5. The Balaban J connectivity index is 1.78. The fourth-order valence-electron chi connectivity index (χ4n) is 2.72. The van der Waals surface area contributed by atoms with Gasteiger partial charge in [-0.15, -0.1) is 0 Å². The number of likely N-dealkylation sites (N-methyl/N-ethyl adjacent to an activating group) is 1. The first-order valence-corrected chi connectivity index (χ1v) is 6.59. The topological polar surface area (TPSA) is 26.8 Å². The summed E-state index contributed by atoms with van der Waals surface area (Å²) in [5.41, 5.74) is 2.07. The SMILES string of the molecule is CN1CCN(N2CCc3ccccc3C2=O)CC1. The third-order valence-electron chi connectivity index (χ3n) is 3.90. The summed E-state index contributed by atoms with van der Waals surface area (Å²) in [5.74, 6) is 0.168. The van der Waals surface area contributed by atoms with E-state index in [1.165, 1.54) is 5.56 Å². The van der Waals surface area contributed by atoms with Crippen LogP contribution in [0.25, 0.3) is 0 Å². The van der Waals surface area contributed by atoms with Gasteiger partial charge in [-0.25, -0.2) is 5.01 Å². The van der Waals surface area contributed by atoms with E-state index in [0.717, 1.165) is 44.7 Å². The second-order valence-electron chi connectivity index (χ2n) is 5.09. The van der Waals surface area contributed by atoms with Gasteiger partial charge in [-0.2, -0.15) is 0 Å². The van der Waals surface area contributed by atoms with Crippen molar-refractivity contribution in [2.45, 2.75) is 6.42 Å². The molecule has 2 aliphatic heterocycles. The standard InChI is InChI=1S/C14H19N3O/c1-15-8-10-16(11-9-15)17-7-6-12-4-2-3-5-13(12)14(17)18/h2-5H,6-11H2,1H3. The fraction of sp³-hybridized carbons (Fsp3) is 0.500. The molecular weight excluding hydrogens is 226 g/mol. The predicted octanol–water partition coefficient (Wildman–Crippen LogP) is 0.847. The Morgan fingerprint density at radius 2 is 1.72 bits per heavy atom. The van der Waals surface area contributed by atoms with E-state index in [1.54, 1.807) is 0 Å². The van der Waals surface area contributed by atoms with Crippen molar-refractivity contribution in [3.63, 3.8) is 0 Å². The molecule has 3 rings (SSSR count). The Bertz CT molecular complexity index is 452. The van der Waals surface area contributed by atoms with Crippen LogP contribution in [-0.2, 0) is 6.42 Å². The van der Waals surface area contributed by atoms with E-state index in [0.29, 0.717) is 0 Å². The number of fused-ring (bicyclic) bond motifs is 1. The molecule has 1 amide bonds. The van der Waals surface area contributed by atoms with E-state index >= 15 is 0 Å². The lowest BCUT2D eigenvalue weighted by Crippen LogP contribution is -2.56. The van der Waals surface area contributed by atoms with Crippen LogP contribution in [0.15, 0.2) is 24.3 Å². The zero-order valence-electron chi connectivity index (χ0n) is 10.8. The van der Waals surface area contributed by atoms with E-state index in [-0.39, 0.29) is 5.91 Å². The lowest BCUT2D eigenvalue weighted by Gasteiger charge is -2.42. The van der Waals surface area contributed by atoms with Crippen molar-refractivity contribution in [3.8, 4) is 0 Å². The zero-order valence-corrected chi connectivity index (χ0v) is 10.8. The van der Waals surface area contributed by atoms with E-state index in [9.17, 15) is 4.79 Å². The Morgan fingerprint density at radius 3 is 2.50 bits per heavy atom. The van der Waals surface area contributed by atoms with Crippen molar-refractivity contribution in [2.24, 2.45) is 0 Å². The molecule has 0 spiro atoms. The van der Waals surface area contributed by atoms with Crippen LogP contribution in [0.4, 0.5) is 0 Å². The van der Waals surface area contributed by atoms with Crippen molar-refractivity contribution < 1.29 is 4.79 Å². The highest BCUT2D eigenvalue weighted by Gasteiger charge is 2.29. The van der Waals surface area contributed by atoms with Gasteiger partial charge < -0.3 is 4.90 Å². The third-order valence-corrected chi connectivity index (χ3v) is 3.90. The second-order valence-corrected chi connectivity index (χ2v) is 5.09. The minimum Gasteiger partial charge on any atom is -0.304 e. The summed E-state index contributed by atoms with van der Waals surface area (Å²) >= 11 is 0. The van der Waals surface area contributed by atoms with Crippen LogP contribution < -0.4 is 0 Å². The summed E-state index contributed by atoms with van der Waals surface area (Å²) in [6, 6.07) is 7.97. The summed E-state index contributed by atoms with van der Waals surface area (Å²) in [5, 5.41) is 4.15. The highest BCUT2D eigenvalue weighted by molar-refractivity contribution is 5.96. The quantitative estimate of drug-likeness (QED) is 0.734. The molecular formula is C14H19N3O. The number of carbonyl (C=O) groups excluding carboxylic acids is 1. The normalized spacial score (nSPS) is 22.1. The first kappa shape index (κ1) is 11.7. The molecule has 0 N–H and O–H groups in total. The molecule has 96 valence electrons. The van der Waals surface area contributed by atoms with Crippen LogP contribution in [0.2, 0.25) is 0 Å². The molecule has 2 heterocycles. The van der Waals surface area contributed by atoms with Gasteiger partial charge in [0.05, 0.1) is 0 Å². The van der Waals surface area contributed by atoms with E-state index in [1.807, 2.05) is 23.2 Å². The average molecular weight is 245 g/mol. The number of nitrogens with zero attached hydrogens (tertiary/aromatic N) is 3. The lowest BCUT2D eigenvalue weighted by atomic mass is 10.0. The molecule has 0 bridgehead atoms. The molecule has 0 atom stereocenters. The van der Waals surface area contributed by atoms with E-state index in [2.05, 4.69) is 23.0 Å². The third kappa shape index (κ3) is 2.02. The summed E-state index contributed by atoms with van der Waals surface area (Å²) in [6.07, 6.45) is 0.967. The molecule has 0 radical (unpaired) electrons. The van der Waals surface area contributed by atoms with Crippen LogP contribution in [0.3, 0.4) is 0 Å². The molecule has 1 aromatic rings. The number of amides is 1. The van der Waals surface area contributed by atoms with Crippen molar-refractivity contribution >= 4 is 5.91 Å². The first-order valence-electron chi connectivity index (χ1n) is 6.59. The van der Waals surface area contributed by atoms with Gasteiger partial charge in [-0.3, -0.25) is 9.80 Å². The number of benzene rings is 1. The fourth-order valence-corrected chi connectivity index (χ4v) is 2.72. The summed E-state index contributed by atoms with van der Waals surface area (Å²) < 4.78 is 0. The lowest BCUT2D eigenvalue weighted by molar-refractivity contribution is -0.0356. The molecule has 0 aliphatic carbocycles. The molecule has 4 heteroatoms. The minimum atomic E-state index is 0.168. The van der Waals surface area contributed by atoms with Crippen molar-refractivity contribution in [1.82, 2.24) is 14.9 Å². The summed E-state index contributed by atoms with van der Waals surface area (Å²) in [6.45, 7) is 4.78. The maximum Gasteiger partial charge on any atom is 0.268 e. The molecule has 2 aliphatic rings. The maximum absolute atomic E-state index is 12.5. The number of hydrazine groups is 1. The maximum atomic E-state index is 12.5. The number of rotatable bonds is 1. The molecule has 0 aromatic heterocycles. The monoisotopic (exact) mass is 245 g/mol. The van der Waals surface area contributed by atoms with E-state index in [4.69, 9.17) is 0 Å². The molecule has 0 unspecified atom stereocenters. The predicted molar refractivity (Wildman–Crippen MR) is 70.3 cm³/mol. The van der Waals surface area contributed by atoms with Crippen molar-refractivity contribution in [3.05, 3.63) is 35.4 Å². The summed E-state index contributed by atoms with van der Waals surface area (Å²) in [7, 11) is 2.13. The molecule has 1 aromatic carbocycles. The smallest absolute Gasteiger partial charge is 0.268 e. The minimum absolute atomic E-state index is 0.168. The van der Waals surface area contributed by atoms with Crippen LogP contribution in [0, 0.1) is 0 Å². The Morgan fingerprint density at radius 1 is 1.00 bits per heavy atom. The molecule has 1 fully saturated rings. The van der Waals surface area contributed by atoms with Crippen LogP contribution in [0.1, 0.15) is 15.9 Å². The van der Waals surface area contributed by atoms with Gasteiger partial charge in [0.15, 0.2) is 0 Å². The van der Waals surface area contributed by atoms with Gasteiger partial charge in [0.1, 0.15) is 0 Å². The average Bonchev–Trinajstić information content (AvgIpc) is 2.41. The van der Waals surface area contributed by atoms with E-state index < -0.39 is 0 Å². The highest BCUT2D eigenvalue weighted by atomic mass is 16.2. The second kappa shape index (κ2) is 4.71. The highest BCUT2D eigenvalue weighted by Crippen LogP contribution is 2.20. The van der Waals surface area contributed by atoms with Crippen LogP contribution >= 0.6 is 0 Å². The van der Waals surface area contributed by atoms with Crippen LogP contribution in [-0.4, -0.2) is 60.6 Å². The molecule has 18 heavy (non-hydrogen) atoms. The van der Waals surface area contributed by atoms with Gasteiger partial charge >= 0.3 is 0 Å².